The van der Waals surface area contributed by atoms with Crippen LogP contribution in [0.4, 0.5) is 10.5 Å². The Morgan fingerprint density at radius 1 is 1.07 bits per heavy atom. The van der Waals surface area contributed by atoms with Crippen LogP contribution in [0.25, 0.3) is 0 Å². The summed E-state index contributed by atoms with van der Waals surface area (Å²) < 4.78 is 46.6. The Kier molecular flexibility index (Phi) is 11.8. The van der Waals surface area contributed by atoms with Gasteiger partial charge in [-0.05, 0) is 126 Å². The van der Waals surface area contributed by atoms with E-state index in [4.69, 9.17) is 25.8 Å². The van der Waals surface area contributed by atoms with E-state index in [2.05, 4.69) is 27.1 Å². The third-order valence-electron chi connectivity index (χ3n) is 13.4. The SMILES string of the molecule is CC(C)(C)OC(=O)N1CC2(CNC2)C1.CO[C@@]1(C=O)/C=C/C[C@H](C)[C@@H](C)S(=O)(=O)NC(=O)c2ccc3c(c2)N(C[C@@H]2CC[C@H]21)C[C@@]1(CCCc2cc(Cl)ccc21)CO3. The van der Waals surface area contributed by atoms with Gasteiger partial charge in [-0.15, -0.1) is 0 Å². The quantitative estimate of drug-likeness (QED) is 0.262. The van der Waals surface area contributed by atoms with E-state index >= 15 is 0 Å². The molecule has 58 heavy (non-hydrogen) atoms. The van der Waals surface area contributed by atoms with Crippen molar-refractivity contribution in [2.24, 2.45) is 23.2 Å². The number of aldehydes is 1. The van der Waals surface area contributed by atoms with Crippen LogP contribution in [0, 0.1) is 23.2 Å². The van der Waals surface area contributed by atoms with Crippen molar-refractivity contribution >= 4 is 45.6 Å². The largest absolute Gasteiger partial charge is 0.490 e. The number of likely N-dealkylation sites (tertiary alicyclic amines) is 1. The summed E-state index contributed by atoms with van der Waals surface area (Å²) in [5.41, 5.74) is 2.06. The summed E-state index contributed by atoms with van der Waals surface area (Å²) in [5.74, 6) is -0.203. The number of fused-ring (bicyclic) bond motifs is 4. The van der Waals surface area contributed by atoms with Gasteiger partial charge in [0.2, 0.25) is 10.0 Å². The summed E-state index contributed by atoms with van der Waals surface area (Å²) in [4.78, 5) is 41.7. The molecule has 2 amide bonds. The fraction of sp³-hybridized carbons (Fsp3) is 0.614. The second-order valence-corrected chi connectivity index (χ2v) is 21.1. The van der Waals surface area contributed by atoms with Crippen molar-refractivity contribution in [2.45, 2.75) is 95.0 Å². The lowest BCUT2D eigenvalue weighted by Gasteiger charge is -2.55. The number of allylic oxidation sites excluding steroid dienone is 1. The van der Waals surface area contributed by atoms with E-state index in [-0.39, 0.29) is 40.4 Å². The van der Waals surface area contributed by atoms with Crippen molar-refractivity contribution in [3.63, 3.8) is 0 Å². The number of amides is 2. The van der Waals surface area contributed by atoms with Crippen molar-refractivity contribution in [1.29, 1.82) is 0 Å². The maximum Gasteiger partial charge on any atom is 0.410 e. The molecule has 8 rings (SSSR count). The number of anilines is 1. The Balaban J connectivity index is 0.000000307. The zero-order valence-corrected chi connectivity index (χ0v) is 36.2. The van der Waals surface area contributed by atoms with E-state index < -0.39 is 26.8 Å². The van der Waals surface area contributed by atoms with E-state index in [1.54, 1.807) is 37.1 Å². The lowest BCUT2D eigenvalue weighted by atomic mass is 9.64. The summed E-state index contributed by atoms with van der Waals surface area (Å²) in [5, 5.41) is 3.11. The third kappa shape index (κ3) is 8.38. The smallest absolute Gasteiger partial charge is 0.410 e. The summed E-state index contributed by atoms with van der Waals surface area (Å²) in [6.07, 6.45) is 9.48. The molecule has 0 radical (unpaired) electrons. The Labute approximate surface area is 348 Å². The zero-order chi connectivity index (χ0) is 41.7. The summed E-state index contributed by atoms with van der Waals surface area (Å²) in [6, 6.07) is 11.3. The van der Waals surface area contributed by atoms with Gasteiger partial charge in [0.1, 0.15) is 17.0 Å². The molecular weight excluding hydrogens is 780 g/mol. The van der Waals surface area contributed by atoms with E-state index in [1.165, 1.54) is 11.1 Å². The first kappa shape index (κ1) is 42.5. The lowest BCUT2D eigenvalue weighted by molar-refractivity contribution is -0.135. The summed E-state index contributed by atoms with van der Waals surface area (Å²) in [7, 11) is -2.41. The number of nitrogens with one attached hydrogen (secondary N) is 2. The number of carbonyl (C=O) groups excluding carboxylic acids is 3. The molecule has 4 aliphatic heterocycles. The fourth-order valence-electron chi connectivity index (χ4n) is 9.60. The molecule has 14 heteroatoms. The van der Waals surface area contributed by atoms with E-state index in [1.807, 2.05) is 45.9 Å². The van der Waals surface area contributed by atoms with Crippen molar-refractivity contribution in [1.82, 2.24) is 14.9 Å². The van der Waals surface area contributed by atoms with Gasteiger partial charge < -0.3 is 29.3 Å². The Morgan fingerprint density at radius 2 is 1.83 bits per heavy atom. The van der Waals surface area contributed by atoms with Crippen LogP contribution < -0.4 is 19.7 Å². The summed E-state index contributed by atoms with van der Waals surface area (Å²) >= 11 is 6.40. The molecule has 0 unspecified atom stereocenters. The molecule has 316 valence electrons. The molecule has 6 atom stereocenters. The maximum atomic E-state index is 13.4. The van der Waals surface area contributed by atoms with E-state index in [9.17, 15) is 22.8 Å². The van der Waals surface area contributed by atoms with Crippen LogP contribution in [0.3, 0.4) is 0 Å². The van der Waals surface area contributed by atoms with E-state index in [0.29, 0.717) is 42.3 Å². The van der Waals surface area contributed by atoms with Crippen LogP contribution in [0.5, 0.6) is 5.75 Å². The monoisotopic (exact) mass is 838 g/mol. The number of nitrogens with zero attached hydrogens (tertiary/aromatic N) is 2. The van der Waals surface area contributed by atoms with Crippen molar-refractivity contribution in [3.05, 3.63) is 70.3 Å². The van der Waals surface area contributed by atoms with Crippen molar-refractivity contribution < 1.29 is 37.0 Å². The molecule has 3 fully saturated rings. The molecular formula is C44H59ClN4O8S. The van der Waals surface area contributed by atoms with Gasteiger partial charge in [0.15, 0.2) is 6.29 Å². The molecule has 2 N–H and O–H groups in total. The van der Waals surface area contributed by atoms with Gasteiger partial charge in [-0.1, -0.05) is 30.7 Å². The average molecular weight is 839 g/mol. The van der Waals surface area contributed by atoms with Crippen LogP contribution in [-0.4, -0.2) is 101 Å². The van der Waals surface area contributed by atoms with Gasteiger partial charge in [-0.3, -0.25) is 9.59 Å². The minimum atomic E-state index is -3.97. The van der Waals surface area contributed by atoms with Gasteiger partial charge in [-0.25, -0.2) is 17.9 Å². The maximum absolute atomic E-state index is 13.4. The number of sulfonamides is 1. The standard InChI is InChI=1S/C34H41ClN2O6S.C10H18N2O2/c1-22-6-4-15-34(20-38,42-3)29-11-8-26(29)18-37-19-33(14-5-7-24-16-27(35)10-12-28(24)33)21-43-31-13-9-25(17-30(31)37)32(39)36-44(40,41)23(22)2;1-9(2,3)14-8(13)12-6-10(7-12)4-11-5-10/h4,9-10,12-13,15-17,20,22-23,26,29H,5-8,11,14,18-19,21H2,1-3H3,(H,36,39);11H,4-7H2,1-3H3/b15-4+;/t22-,23+,26-,29+,33-,34+;/m0./s1. The molecule has 2 aliphatic carbocycles. The minimum Gasteiger partial charge on any atom is -0.490 e. The number of rotatable bonds is 2. The second-order valence-electron chi connectivity index (χ2n) is 18.6. The predicted octanol–water partition coefficient (Wildman–Crippen LogP) is 6.29. The second kappa shape index (κ2) is 16.1. The Morgan fingerprint density at radius 3 is 2.47 bits per heavy atom. The molecule has 2 bridgehead atoms. The summed E-state index contributed by atoms with van der Waals surface area (Å²) in [6.45, 7) is 14.7. The predicted molar refractivity (Wildman–Crippen MR) is 224 cm³/mol. The molecule has 4 heterocycles. The molecule has 2 spiro atoms. The van der Waals surface area contributed by atoms with Crippen LogP contribution in [0.2, 0.25) is 5.02 Å². The minimum absolute atomic E-state index is 0.0434. The molecule has 1 saturated carbocycles. The van der Waals surface area contributed by atoms with Crippen molar-refractivity contribution in [3.8, 4) is 5.75 Å². The molecule has 12 nitrogen and oxygen atoms in total. The van der Waals surface area contributed by atoms with Crippen LogP contribution in [0.15, 0.2) is 48.6 Å². The number of methoxy groups -OCH3 is 1. The molecule has 2 saturated heterocycles. The van der Waals surface area contributed by atoms with Crippen LogP contribution in [-0.2, 0) is 36.1 Å². The lowest BCUT2D eigenvalue weighted by Crippen LogP contribution is -2.72. The number of carbonyl (C=O) groups is 3. The average Bonchev–Trinajstić information content (AvgIpc) is 3.26. The van der Waals surface area contributed by atoms with E-state index in [0.717, 1.165) is 70.3 Å². The van der Waals surface area contributed by atoms with Gasteiger partial charge in [0.25, 0.3) is 5.91 Å². The normalized spacial score (nSPS) is 31.5. The van der Waals surface area contributed by atoms with Crippen LogP contribution in [0.1, 0.15) is 88.2 Å². The zero-order valence-electron chi connectivity index (χ0n) is 34.6. The fourth-order valence-corrected chi connectivity index (χ4v) is 11.1. The van der Waals surface area contributed by atoms with Gasteiger partial charge in [0, 0.05) is 73.7 Å². The highest BCUT2D eigenvalue weighted by atomic mass is 35.5. The number of hydrogen-bond acceptors (Lipinski definition) is 10. The first-order chi connectivity index (χ1) is 27.4. The molecule has 6 aliphatic rings. The van der Waals surface area contributed by atoms with Gasteiger partial charge in [-0.2, -0.15) is 0 Å². The number of hydrogen-bond donors (Lipinski definition) is 2. The number of ether oxygens (including phenoxy) is 3. The van der Waals surface area contributed by atoms with Crippen LogP contribution >= 0.6 is 11.6 Å². The van der Waals surface area contributed by atoms with Gasteiger partial charge in [0.05, 0.1) is 17.5 Å². The topological polar surface area (TPSA) is 144 Å². The number of aryl methyl sites for hydroxylation is 1. The number of halogens is 1. The highest BCUT2D eigenvalue weighted by Crippen LogP contribution is 2.48. The Bertz CT molecular complexity index is 2040. The molecule has 2 aromatic carbocycles. The highest BCUT2D eigenvalue weighted by molar-refractivity contribution is 7.90. The highest BCUT2D eigenvalue weighted by Gasteiger charge is 2.51. The molecule has 2 aromatic rings. The van der Waals surface area contributed by atoms with Gasteiger partial charge >= 0.3 is 6.09 Å². The van der Waals surface area contributed by atoms with Crippen molar-refractivity contribution in [2.75, 3.05) is 57.9 Å². The number of benzene rings is 2. The first-order valence-corrected chi connectivity index (χ1v) is 22.6. The third-order valence-corrected chi connectivity index (χ3v) is 15.6. The molecule has 0 aromatic heterocycles. The Hall–Kier alpha value is -3.65. The first-order valence-electron chi connectivity index (χ1n) is 20.7.